The summed E-state index contributed by atoms with van der Waals surface area (Å²) in [5, 5.41) is 3.34. The van der Waals surface area contributed by atoms with Crippen molar-refractivity contribution in [1.29, 1.82) is 0 Å². The monoisotopic (exact) mass is 330 g/mol. The lowest BCUT2D eigenvalue weighted by atomic mass is 10.2. The van der Waals surface area contributed by atoms with Gasteiger partial charge in [-0.2, -0.15) is 0 Å². The van der Waals surface area contributed by atoms with Crippen LogP contribution in [-0.2, 0) is 6.54 Å². The molecule has 0 fully saturated rings. The van der Waals surface area contributed by atoms with Crippen LogP contribution in [0.3, 0.4) is 0 Å². The minimum atomic E-state index is -0.151. The number of rotatable bonds is 3. The number of aromatic nitrogens is 1. The first-order valence-corrected chi connectivity index (χ1v) is 6.82. The molecule has 0 spiro atoms. The number of amides is 1. The predicted octanol–water partition coefficient (Wildman–Crippen LogP) is 3.49. The molecule has 3 nitrogen and oxygen atoms in total. The Morgan fingerprint density at radius 2 is 2.29 bits per heavy atom. The molecule has 1 N–H and O–H groups in total. The topological polar surface area (TPSA) is 42.0 Å². The van der Waals surface area contributed by atoms with Crippen LogP contribution in [-0.4, -0.2) is 10.9 Å². The zero-order valence-corrected chi connectivity index (χ0v) is 11.8. The van der Waals surface area contributed by atoms with Gasteiger partial charge in [-0.15, -0.1) is 11.3 Å². The van der Waals surface area contributed by atoms with Crippen molar-refractivity contribution in [2.75, 3.05) is 0 Å². The number of benzene rings is 1. The van der Waals surface area contributed by atoms with Crippen LogP contribution < -0.4 is 5.32 Å². The average Bonchev–Trinajstić information content (AvgIpc) is 2.77. The summed E-state index contributed by atoms with van der Waals surface area (Å²) in [6.07, 6.45) is 1.73. The smallest absolute Gasteiger partial charge is 0.251 e. The molecule has 17 heavy (non-hydrogen) atoms. The van der Waals surface area contributed by atoms with E-state index in [9.17, 15) is 4.79 Å². The molecule has 0 saturated carbocycles. The first-order valence-electron chi connectivity index (χ1n) is 4.77. The highest BCUT2D eigenvalue weighted by atomic mass is 79.9. The Balaban J connectivity index is 2.04. The molecule has 0 bridgehead atoms. The van der Waals surface area contributed by atoms with E-state index in [-0.39, 0.29) is 5.91 Å². The Morgan fingerprint density at radius 3 is 2.94 bits per heavy atom. The van der Waals surface area contributed by atoms with Gasteiger partial charge in [-0.3, -0.25) is 9.78 Å². The molecule has 6 heteroatoms. The number of thiazole rings is 1. The highest BCUT2D eigenvalue weighted by Crippen LogP contribution is 2.19. The van der Waals surface area contributed by atoms with Gasteiger partial charge in [0.25, 0.3) is 5.91 Å². The van der Waals surface area contributed by atoms with Crippen LogP contribution in [0, 0.1) is 0 Å². The maximum atomic E-state index is 11.8. The highest BCUT2D eigenvalue weighted by molar-refractivity contribution is 9.10. The van der Waals surface area contributed by atoms with Crippen molar-refractivity contribution >= 4 is 44.8 Å². The lowest BCUT2D eigenvalue weighted by Gasteiger charge is -2.04. The van der Waals surface area contributed by atoms with E-state index >= 15 is 0 Å². The van der Waals surface area contributed by atoms with Crippen molar-refractivity contribution < 1.29 is 4.79 Å². The van der Waals surface area contributed by atoms with E-state index in [0.29, 0.717) is 17.1 Å². The lowest BCUT2D eigenvalue weighted by molar-refractivity contribution is 0.0951. The number of halogens is 2. The maximum absolute atomic E-state index is 11.8. The van der Waals surface area contributed by atoms with Crippen LogP contribution in [0.4, 0.5) is 0 Å². The molecule has 2 aromatic rings. The predicted molar refractivity (Wildman–Crippen MR) is 72.4 cm³/mol. The molecule has 0 aliphatic heterocycles. The second-order valence-corrected chi connectivity index (χ2v) is 5.63. The van der Waals surface area contributed by atoms with Gasteiger partial charge in [-0.05, 0) is 18.2 Å². The maximum Gasteiger partial charge on any atom is 0.251 e. The van der Waals surface area contributed by atoms with E-state index in [1.165, 1.54) is 11.3 Å². The van der Waals surface area contributed by atoms with Crippen molar-refractivity contribution in [3.8, 4) is 0 Å². The molecule has 1 aromatic heterocycles. The molecule has 0 atom stereocenters. The highest BCUT2D eigenvalue weighted by Gasteiger charge is 2.07. The van der Waals surface area contributed by atoms with Crippen LogP contribution in [0.15, 0.2) is 34.4 Å². The normalized spacial score (nSPS) is 10.2. The minimum absolute atomic E-state index is 0.151. The van der Waals surface area contributed by atoms with Gasteiger partial charge in [0.05, 0.1) is 12.1 Å². The largest absolute Gasteiger partial charge is 0.347 e. The van der Waals surface area contributed by atoms with Crippen molar-refractivity contribution in [2.45, 2.75) is 6.54 Å². The molecule has 1 heterocycles. The summed E-state index contributed by atoms with van der Waals surface area (Å²) in [6, 6.07) is 5.10. The first kappa shape index (κ1) is 12.5. The molecule has 1 aromatic carbocycles. The summed E-state index contributed by atoms with van der Waals surface area (Å²) in [5.74, 6) is -0.151. The van der Waals surface area contributed by atoms with Crippen molar-refractivity contribution in [1.82, 2.24) is 10.3 Å². The van der Waals surface area contributed by atoms with Crippen LogP contribution in [0.5, 0.6) is 0 Å². The molecule has 1 amide bonds. The average molecular weight is 332 g/mol. The minimum Gasteiger partial charge on any atom is -0.347 e. The van der Waals surface area contributed by atoms with Gasteiger partial charge >= 0.3 is 0 Å². The molecule has 0 saturated heterocycles. The summed E-state index contributed by atoms with van der Waals surface area (Å²) in [5.41, 5.74) is 2.27. The summed E-state index contributed by atoms with van der Waals surface area (Å²) in [7, 11) is 0. The van der Waals surface area contributed by atoms with Crippen LogP contribution >= 0.6 is 38.9 Å². The molecule has 0 radical (unpaired) electrons. The Labute approximate surface area is 116 Å². The molecule has 88 valence electrons. The number of nitrogens with one attached hydrogen (secondary N) is 1. The zero-order valence-electron chi connectivity index (χ0n) is 8.61. The van der Waals surface area contributed by atoms with Crippen LogP contribution in [0.1, 0.15) is 15.2 Å². The summed E-state index contributed by atoms with van der Waals surface area (Å²) in [4.78, 5) is 16.8. The summed E-state index contributed by atoms with van der Waals surface area (Å²) in [6.45, 7) is 0.480. The van der Waals surface area contributed by atoms with Gasteiger partial charge in [0.15, 0.2) is 0 Å². The molecule has 0 aliphatic rings. The van der Waals surface area contributed by atoms with Gasteiger partial charge in [0.1, 0.15) is 0 Å². The quantitative estimate of drug-likeness (QED) is 0.935. The van der Waals surface area contributed by atoms with Gasteiger partial charge in [-0.25, -0.2) is 0 Å². The lowest BCUT2D eigenvalue weighted by Crippen LogP contribution is -2.22. The zero-order chi connectivity index (χ0) is 12.3. The summed E-state index contributed by atoms with van der Waals surface area (Å²) >= 11 is 10.7. The SMILES string of the molecule is O=C(NCc1cncs1)c1cc(Cl)cc(Br)c1. The fourth-order valence-corrected chi connectivity index (χ4v) is 2.68. The third-order valence-electron chi connectivity index (χ3n) is 2.03. The van der Waals surface area contributed by atoms with Crippen molar-refractivity contribution in [3.63, 3.8) is 0 Å². The van der Waals surface area contributed by atoms with E-state index in [1.54, 1.807) is 29.9 Å². The number of nitrogens with zero attached hydrogens (tertiary/aromatic N) is 1. The van der Waals surface area contributed by atoms with Gasteiger partial charge in [-0.1, -0.05) is 27.5 Å². The van der Waals surface area contributed by atoms with E-state index in [1.807, 2.05) is 0 Å². The molecule has 2 rings (SSSR count). The van der Waals surface area contributed by atoms with Crippen LogP contribution in [0.25, 0.3) is 0 Å². The standard InChI is InChI=1S/C11H8BrClN2OS/c12-8-1-7(2-9(13)3-8)11(16)15-5-10-4-14-6-17-10/h1-4,6H,5H2,(H,15,16). The molecular formula is C11H8BrClN2OS. The Morgan fingerprint density at radius 1 is 1.47 bits per heavy atom. The Bertz CT molecular complexity index is 510. The van der Waals surface area contributed by atoms with Gasteiger partial charge in [0, 0.05) is 26.1 Å². The van der Waals surface area contributed by atoms with E-state index in [4.69, 9.17) is 11.6 Å². The fourth-order valence-electron chi connectivity index (χ4n) is 1.28. The number of carbonyl (C=O) groups excluding carboxylic acids is 1. The summed E-state index contributed by atoms with van der Waals surface area (Å²) < 4.78 is 0.785. The van der Waals surface area contributed by atoms with E-state index in [2.05, 4.69) is 26.2 Å². The number of hydrogen-bond donors (Lipinski definition) is 1. The second kappa shape index (κ2) is 5.62. The van der Waals surface area contributed by atoms with E-state index < -0.39 is 0 Å². The number of carbonyl (C=O) groups is 1. The van der Waals surface area contributed by atoms with Crippen LogP contribution in [0.2, 0.25) is 5.02 Å². The third kappa shape index (κ3) is 3.52. The molecular weight excluding hydrogens is 324 g/mol. The second-order valence-electron chi connectivity index (χ2n) is 3.31. The molecule has 0 unspecified atom stereocenters. The van der Waals surface area contributed by atoms with Gasteiger partial charge < -0.3 is 5.32 Å². The third-order valence-corrected chi connectivity index (χ3v) is 3.49. The number of hydrogen-bond acceptors (Lipinski definition) is 3. The van der Waals surface area contributed by atoms with E-state index in [0.717, 1.165) is 9.35 Å². The van der Waals surface area contributed by atoms with Gasteiger partial charge in [0.2, 0.25) is 0 Å². The van der Waals surface area contributed by atoms with Crippen molar-refractivity contribution in [3.05, 3.63) is 49.8 Å². The molecule has 0 aliphatic carbocycles. The Hall–Kier alpha value is -0.910. The Kier molecular flexibility index (Phi) is 4.15. The fraction of sp³-hybridized carbons (Fsp3) is 0.0909. The first-order chi connectivity index (χ1) is 8.15. The van der Waals surface area contributed by atoms with Crippen molar-refractivity contribution in [2.24, 2.45) is 0 Å².